The second-order valence-corrected chi connectivity index (χ2v) is 5.46. The highest BCUT2D eigenvalue weighted by Gasteiger charge is 2.17. The molecule has 0 atom stereocenters. The van der Waals surface area contributed by atoms with Gasteiger partial charge in [-0.05, 0) is 43.2 Å². The van der Waals surface area contributed by atoms with Gasteiger partial charge in [-0.3, -0.25) is 20.2 Å². The summed E-state index contributed by atoms with van der Waals surface area (Å²) in [5.74, 6) is -2.00. The molecule has 0 aromatic heterocycles. The molecule has 3 amide bonds. The van der Waals surface area contributed by atoms with Crippen molar-refractivity contribution < 1.29 is 23.6 Å². The van der Waals surface area contributed by atoms with Gasteiger partial charge in [-0.15, -0.1) is 0 Å². The van der Waals surface area contributed by atoms with Crippen LogP contribution in [0.15, 0.2) is 36.4 Å². The van der Waals surface area contributed by atoms with Crippen LogP contribution in [0.2, 0.25) is 0 Å². The smallest absolute Gasteiger partial charge is 0.325 e. The zero-order valence-corrected chi connectivity index (χ0v) is 14.0. The molecule has 136 valence electrons. The zero-order chi connectivity index (χ0) is 19.3. The number of aryl methyl sites for hydroxylation is 2. The van der Waals surface area contributed by atoms with Gasteiger partial charge in [0.1, 0.15) is 5.82 Å². The molecular weight excluding hydrogens is 345 g/mol. The van der Waals surface area contributed by atoms with Crippen LogP contribution < -0.4 is 15.4 Å². The van der Waals surface area contributed by atoms with Gasteiger partial charge < -0.3 is 10.1 Å². The van der Waals surface area contributed by atoms with E-state index in [1.54, 1.807) is 12.1 Å². The quantitative estimate of drug-likeness (QED) is 0.628. The minimum atomic E-state index is -0.843. The fourth-order valence-corrected chi connectivity index (χ4v) is 2.04. The Morgan fingerprint density at radius 1 is 1.15 bits per heavy atom. The van der Waals surface area contributed by atoms with Gasteiger partial charge in [0.25, 0.3) is 5.91 Å². The van der Waals surface area contributed by atoms with Crippen LogP contribution in [0.1, 0.15) is 11.1 Å². The summed E-state index contributed by atoms with van der Waals surface area (Å²) < 4.78 is 18.1. The van der Waals surface area contributed by atoms with Crippen molar-refractivity contribution >= 4 is 23.3 Å². The lowest BCUT2D eigenvalue weighted by molar-refractivity contribution is -0.385. The fraction of sp³-hybridized carbons (Fsp3) is 0.176. The average Bonchev–Trinajstić information content (AvgIpc) is 2.56. The standard InChI is InChI=1S/C17H16FN3O5/c1-10-3-5-13(7-11(10)2)19-17(23)20-16(22)9-26-15-8-12(18)4-6-14(15)21(24)25/h3-8H,9H2,1-2H3,(H2,19,20,22,23). The van der Waals surface area contributed by atoms with Gasteiger partial charge in [0, 0.05) is 17.8 Å². The zero-order valence-electron chi connectivity index (χ0n) is 14.0. The van der Waals surface area contributed by atoms with Crippen molar-refractivity contribution in [1.29, 1.82) is 0 Å². The van der Waals surface area contributed by atoms with E-state index in [1.165, 1.54) is 0 Å². The molecule has 8 nitrogen and oxygen atoms in total. The first kappa shape index (κ1) is 18.8. The number of benzene rings is 2. The van der Waals surface area contributed by atoms with Crippen molar-refractivity contribution in [2.24, 2.45) is 0 Å². The maximum atomic E-state index is 13.2. The van der Waals surface area contributed by atoms with E-state index < -0.39 is 40.7 Å². The van der Waals surface area contributed by atoms with Crippen LogP contribution >= 0.6 is 0 Å². The number of halogens is 1. The highest BCUT2D eigenvalue weighted by molar-refractivity contribution is 6.01. The molecule has 0 saturated heterocycles. The van der Waals surface area contributed by atoms with Crippen molar-refractivity contribution in [2.45, 2.75) is 13.8 Å². The van der Waals surface area contributed by atoms with E-state index >= 15 is 0 Å². The van der Waals surface area contributed by atoms with Gasteiger partial charge in [-0.25, -0.2) is 9.18 Å². The number of carbonyl (C=O) groups is 2. The predicted molar refractivity (Wildman–Crippen MR) is 91.6 cm³/mol. The summed E-state index contributed by atoms with van der Waals surface area (Å²) in [4.78, 5) is 33.6. The second-order valence-electron chi connectivity index (χ2n) is 5.46. The molecule has 0 unspecified atom stereocenters. The van der Waals surface area contributed by atoms with E-state index in [-0.39, 0.29) is 0 Å². The van der Waals surface area contributed by atoms with E-state index in [0.717, 1.165) is 29.3 Å². The fourth-order valence-electron chi connectivity index (χ4n) is 2.04. The number of anilines is 1. The highest BCUT2D eigenvalue weighted by atomic mass is 19.1. The van der Waals surface area contributed by atoms with Crippen LogP contribution in [0.3, 0.4) is 0 Å². The van der Waals surface area contributed by atoms with Crippen molar-refractivity contribution in [3.8, 4) is 5.75 Å². The number of nitrogens with zero attached hydrogens (tertiary/aromatic N) is 1. The molecule has 0 aliphatic carbocycles. The lowest BCUT2D eigenvalue weighted by Crippen LogP contribution is -2.37. The number of nitro groups is 1. The molecule has 9 heteroatoms. The predicted octanol–water partition coefficient (Wildman–Crippen LogP) is 3.08. The molecule has 26 heavy (non-hydrogen) atoms. The molecule has 2 N–H and O–H groups in total. The number of hydrogen-bond acceptors (Lipinski definition) is 5. The molecule has 0 radical (unpaired) electrons. The second kappa shape index (κ2) is 8.06. The number of imide groups is 1. The van der Waals surface area contributed by atoms with Crippen LogP contribution in [0, 0.1) is 29.8 Å². The molecule has 0 fully saturated rings. The van der Waals surface area contributed by atoms with Gasteiger partial charge in [-0.2, -0.15) is 0 Å². The molecule has 2 aromatic rings. The van der Waals surface area contributed by atoms with Crippen LogP contribution in [0.5, 0.6) is 5.75 Å². The molecule has 0 spiro atoms. The summed E-state index contributed by atoms with van der Waals surface area (Å²) in [5.41, 5.74) is 2.03. The lowest BCUT2D eigenvalue weighted by atomic mass is 10.1. The molecule has 2 rings (SSSR count). The Kier molecular flexibility index (Phi) is 5.84. The minimum absolute atomic E-state index is 0.403. The van der Waals surface area contributed by atoms with Crippen molar-refractivity contribution in [3.05, 3.63) is 63.5 Å². The van der Waals surface area contributed by atoms with Crippen LogP contribution in [0.25, 0.3) is 0 Å². The number of amides is 3. The third kappa shape index (κ3) is 5.00. The molecular formula is C17H16FN3O5. The average molecular weight is 361 g/mol. The maximum Gasteiger partial charge on any atom is 0.325 e. The Bertz CT molecular complexity index is 869. The van der Waals surface area contributed by atoms with Crippen molar-refractivity contribution in [2.75, 3.05) is 11.9 Å². The largest absolute Gasteiger partial charge is 0.477 e. The van der Waals surface area contributed by atoms with Gasteiger partial charge in [0.2, 0.25) is 5.75 Å². The highest BCUT2D eigenvalue weighted by Crippen LogP contribution is 2.27. The van der Waals surface area contributed by atoms with Crippen molar-refractivity contribution in [3.63, 3.8) is 0 Å². The monoisotopic (exact) mass is 361 g/mol. The Morgan fingerprint density at radius 3 is 2.54 bits per heavy atom. The van der Waals surface area contributed by atoms with Crippen LogP contribution in [-0.2, 0) is 4.79 Å². The number of hydrogen-bond donors (Lipinski definition) is 2. The first-order valence-corrected chi connectivity index (χ1v) is 7.51. The van der Waals surface area contributed by atoms with E-state index in [0.29, 0.717) is 5.69 Å². The van der Waals surface area contributed by atoms with E-state index in [1.807, 2.05) is 25.2 Å². The molecule has 0 bridgehead atoms. The van der Waals surface area contributed by atoms with Gasteiger partial charge in [0.15, 0.2) is 6.61 Å². The number of urea groups is 1. The Hall–Kier alpha value is -3.49. The Labute approximate surface area is 148 Å². The van der Waals surface area contributed by atoms with Crippen LogP contribution in [0.4, 0.5) is 20.6 Å². The van der Waals surface area contributed by atoms with E-state index in [9.17, 15) is 24.1 Å². The number of nitro benzene ring substituents is 1. The normalized spacial score (nSPS) is 10.1. The molecule has 0 saturated carbocycles. The Balaban J connectivity index is 1.92. The lowest BCUT2D eigenvalue weighted by Gasteiger charge is -2.09. The van der Waals surface area contributed by atoms with Crippen LogP contribution in [-0.4, -0.2) is 23.5 Å². The third-order valence-electron chi connectivity index (χ3n) is 3.50. The SMILES string of the molecule is Cc1ccc(NC(=O)NC(=O)COc2cc(F)ccc2[N+](=O)[O-])cc1C. The molecule has 0 heterocycles. The summed E-state index contributed by atoms with van der Waals surface area (Å²) in [6, 6.07) is 7.08. The summed E-state index contributed by atoms with van der Waals surface area (Å²) in [7, 11) is 0. The topological polar surface area (TPSA) is 111 Å². The number of carbonyl (C=O) groups excluding carboxylic acids is 2. The third-order valence-corrected chi connectivity index (χ3v) is 3.50. The number of nitrogens with one attached hydrogen (secondary N) is 2. The minimum Gasteiger partial charge on any atom is -0.477 e. The summed E-state index contributed by atoms with van der Waals surface area (Å²) in [6.45, 7) is 3.11. The summed E-state index contributed by atoms with van der Waals surface area (Å²) >= 11 is 0. The maximum absolute atomic E-state index is 13.2. The van der Waals surface area contributed by atoms with Gasteiger partial charge in [-0.1, -0.05) is 6.07 Å². The summed E-state index contributed by atoms with van der Waals surface area (Å²) in [6.07, 6.45) is 0. The van der Waals surface area contributed by atoms with Gasteiger partial charge in [0.05, 0.1) is 4.92 Å². The first-order chi connectivity index (χ1) is 12.3. The number of ether oxygens (including phenoxy) is 1. The first-order valence-electron chi connectivity index (χ1n) is 7.51. The molecule has 2 aromatic carbocycles. The number of rotatable bonds is 5. The summed E-state index contributed by atoms with van der Waals surface area (Å²) in [5, 5.41) is 15.4. The Morgan fingerprint density at radius 2 is 1.88 bits per heavy atom. The van der Waals surface area contributed by atoms with Crippen molar-refractivity contribution in [1.82, 2.24) is 5.32 Å². The van der Waals surface area contributed by atoms with Gasteiger partial charge >= 0.3 is 11.7 Å². The molecule has 0 aliphatic heterocycles. The van der Waals surface area contributed by atoms with E-state index in [2.05, 4.69) is 5.32 Å². The van der Waals surface area contributed by atoms with E-state index in [4.69, 9.17) is 4.74 Å². The molecule has 0 aliphatic rings.